The second-order valence-electron chi connectivity index (χ2n) is 4.37. The number of halogens is 1. The maximum absolute atomic E-state index is 11.2. The smallest absolute Gasteiger partial charge is 0.321 e. The van der Waals surface area contributed by atoms with Crippen LogP contribution >= 0.6 is 23.4 Å². The third-order valence-electron chi connectivity index (χ3n) is 3.14. The largest absolute Gasteiger partial charge is 0.480 e. The molecule has 1 N–H and O–H groups in total. The summed E-state index contributed by atoms with van der Waals surface area (Å²) in [5.41, 5.74) is 1.67. The Labute approximate surface area is 115 Å². The lowest BCUT2D eigenvalue weighted by Gasteiger charge is -2.32. The molecular formula is C11H16ClN3O2S. The maximum atomic E-state index is 11.2. The van der Waals surface area contributed by atoms with Gasteiger partial charge in [0.05, 0.1) is 16.4 Å². The van der Waals surface area contributed by atoms with Crippen molar-refractivity contribution in [3.8, 4) is 0 Å². The number of aryl methyl sites for hydroxylation is 2. The minimum atomic E-state index is -0.766. The number of thioether (sulfide) groups is 1. The van der Waals surface area contributed by atoms with Gasteiger partial charge in [-0.25, -0.2) is 0 Å². The number of carbonyl (C=O) groups is 1. The molecule has 2 heterocycles. The van der Waals surface area contributed by atoms with Gasteiger partial charge in [0.25, 0.3) is 0 Å². The number of aliphatic carboxylic acids is 1. The van der Waals surface area contributed by atoms with Crippen molar-refractivity contribution in [2.24, 2.45) is 7.05 Å². The minimum Gasteiger partial charge on any atom is -0.480 e. The van der Waals surface area contributed by atoms with Crippen molar-refractivity contribution < 1.29 is 9.90 Å². The highest BCUT2D eigenvalue weighted by Crippen LogP contribution is 2.24. The van der Waals surface area contributed by atoms with Crippen LogP contribution in [0.2, 0.25) is 5.02 Å². The van der Waals surface area contributed by atoms with Crippen molar-refractivity contribution in [3.63, 3.8) is 0 Å². The summed E-state index contributed by atoms with van der Waals surface area (Å²) in [5, 5.41) is 14.1. The highest BCUT2D eigenvalue weighted by Gasteiger charge is 2.30. The maximum Gasteiger partial charge on any atom is 0.321 e. The summed E-state index contributed by atoms with van der Waals surface area (Å²) in [6, 6.07) is -0.435. The van der Waals surface area contributed by atoms with E-state index in [1.165, 1.54) is 0 Å². The van der Waals surface area contributed by atoms with Crippen LogP contribution in [-0.2, 0) is 18.4 Å². The number of aromatic nitrogens is 2. The van der Waals surface area contributed by atoms with Gasteiger partial charge in [0.15, 0.2) is 0 Å². The van der Waals surface area contributed by atoms with Crippen molar-refractivity contribution in [1.82, 2.24) is 14.7 Å². The van der Waals surface area contributed by atoms with Gasteiger partial charge in [0.2, 0.25) is 0 Å². The molecular weight excluding hydrogens is 274 g/mol. The summed E-state index contributed by atoms with van der Waals surface area (Å²) >= 11 is 7.88. The summed E-state index contributed by atoms with van der Waals surface area (Å²) in [6.45, 7) is 3.16. The predicted molar refractivity (Wildman–Crippen MR) is 72.1 cm³/mol. The Kier molecular flexibility index (Phi) is 4.19. The standard InChI is InChI=1S/C11H16ClN3O2S/c1-7-10(12)8(14(2)13-7)5-15-3-4-18-6-9(15)11(16)17/h9H,3-6H2,1-2H3,(H,16,17). The van der Waals surface area contributed by atoms with E-state index in [4.69, 9.17) is 11.6 Å². The molecule has 0 aliphatic carbocycles. The first kappa shape index (κ1) is 13.7. The second-order valence-corrected chi connectivity index (χ2v) is 5.90. The molecule has 0 spiro atoms. The van der Waals surface area contributed by atoms with Gasteiger partial charge < -0.3 is 5.11 Å². The lowest BCUT2D eigenvalue weighted by Crippen LogP contribution is -2.46. The topological polar surface area (TPSA) is 58.4 Å². The number of nitrogens with zero attached hydrogens (tertiary/aromatic N) is 3. The van der Waals surface area contributed by atoms with Gasteiger partial charge in [-0.3, -0.25) is 14.4 Å². The van der Waals surface area contributed by atoms with E-state index < -0.39 is 12.0 Å². The Balaban J connectivity index is 2.18. The molecule has 0 bridgehead atoms. The Hall–Kier alpha value is -0.720. The van der Waals surface area contributed by atoms with Crippen LogP contribution in [0.3, 0.4) is 0 Å². The monoisotopic (exact) mass is 289 g/mol. The molecule has 2 rings (SSSR count). The number of carboxylic acid groups (broad SMARTS) is 1. The van der Waals surface area contributed by atoms with Crippen LogP contribution in [-0.4, -0.2) is 49.8 Å². The highest BCUT2D eigenvalue weighted by molar-refractivity contribution is 7.99. The molecule has 1 aliphatic rings. The predicted octanol–water partition coefficient (Wildman–Crippen LogP) is 1.38. The van der Waals surface area contributed by atoms with Crippen LogP contribution in [0.4, 0.5) is 0 Å². The molecule has 1 aromatic rings. The lowest BCUT2D eigenvalue weighted by atomic mass is 10.2. The highest BCUT2D eigenvalue weighted by atomic mass is 35.5. The van der Waals surface area contributed by atoms with Crippen LogP contribution in [0, 0.1) is 6.92 Å². The minimum absolute atomic E-state index is 0.435. The Morgan fingerprint density at radius 1 is 1.67 bits per heavy atom. The van der Waals surface area contributed by atoms with E-state index in [1.807, 2.05) is 18.9 Å². The summed E-state index contributed by atoms with van der Waals surface area (Å²) in [7, 11) is 1.84. The van der Waals surface area contributed by atoms with Crippen molar-refractivity contribution in [3.05, 3.63) is 16.4 Å². The molecule has 18 heavy (non-hydrogen) atoms. The number of rotatable bonds is 3. The molecule has 1 atom stereocenters. The van der Waals surface area contributed by atoms with Crippen molar-refractivity contribution >= 4 is 29.3 Å². The number of hydrogen-bond acceptors (Lipinski definition) is 4. The zero-order chi connectivity index (χ0) is 13.3. The molecule has 1 fully saturated rings. The summed E-state index contributed by atoms with van der Waals surface area (Å²) in [6.07, 6.45) is 0. The molecule has 1 aromatic heterocycles. The molecule has 0 saturated carbocycles. The van der Waals surface area contributed by atoms with Gasteiger partial charge in [0.1, 0.15) is 6.04 Å². The Bertz CT molecular complexity index is 463. The Morgan fingerprint density at radius 2 is 2.39 bits per heavy atom. The number of hydrogen-bond donors (Lipinski definition) is 1. The summed E-state index contributed by atoms with van der Waals surface area (Å²) in [5.74, 6) is 0.819. The SMILES string of the molecule is Cc1nn(C)c(CN2CCSCC2C(=O)O)c1Cl. The van der Waals surface area contributed by atoms with Crippen molar-refractivity contribution in [2.75, 3.05) is 18.1 Å². The van der Waals surface area contributed by atoms with E-state index in [0.29, 0.717) is 17.3 Å². The molecule has 7 heteroatoms. The zero-order valence-electron chi connectivity index (χ0n) is 10.4. The normalized spacial score (nSPS) is 21.2. The fourth-order valence-electron chi connectivity index (χ4n) is 2.10. The van der Waals surface area contributed by atoms with E-state index in [9.17, 15) is 9.90 Å². The van der Waals surface area contributed by atoms with Gasteiger partial charge in [0, 0.05) is 31.6 Å². The first-order valence-corrected chi connectivity index (χ1v) is 7.26. The molecule has 1 unspecified atom stereocenters. The van der Waals surface area contributed by atoms with Crippen LogP contribution in [0.25, 0.3) is 0 Å². The van der Waals surface area contributed by atoms with Gasteiger partial charge in [-0.05, 0) is 6.92 Å². The quantitative estimate of drug-likeness (QED) is 0.911. The average molecular weight is 290 g/mol. The average Bonchev–Trinajstić information content (AvgIpc) is 2.56. The van der Waals surface area contributed by atoms with Crippen LogP contribution in [0.15, 0.2) is 0 Å². The van der Waals surface area contributed by atoms with Gasteiger partial charge in [-0.1, -0.05) is 11.6 Å². The summed E-state index contributed by atoms with van der Waals surface area (Å²) < 4.78 is 1.73. The van der Waals surface area contributed by atoms with Crippen LogP contribution in [0.5, 0.6) is 0 Å². The molecule has 1 aliphatic heterocycles. The fraction of sp³-hybridized carbons (Fsp3) is 0.636. The van der Waals surface area contributed by atoms with Gasteiger partial charge >= 0.3 is 5.97 Å². The lowest BCUT2D eigenvalue weighted by molar-refractivity contribution is -0.142. The molecule has 100 valence electrons. The van der Waals surface area contributed by atoms with Crippen molar-refractivity contribution in [1.29, 1.82) is 0 Å². The van der Waals surface area contributed by atoms with E-state index in [0.717, 1.165) is 23.7 Å². The first-order valence-electron chi connectivity index (χ1n) is 5.73. The third-order valence-corrected chi connectivity index (χ3v) is 4.65. The number of carboxylic acids is 1. The molecule has 0 aromatic carbocycles. The van der Waals surface area contributed by atoms with Crippen molar-refractivity contribution in [2.45, 2.75) is 19.5 Å². The second kappa shape index (κ2) is 5.50. The molecule has 0 amide bonds. The van der Waals surface area contributed by atoms with Crippen LogP contribution < -0.4 is 0 Å². The first-order chi connectivity index (χ1) is 8.50. The molecule has 5 nitrogen and oxygen atoms in total. The Morgan fingerprint density at radius 3 is 2.94 bits per heavy atom. The van der Waals surface area contributed by atoms with Gasteiger partial charge in [-0.2, -0.15) is 16.9 Å². The van der Waals surface area contributed by atoms with E-state index >= 15 is 0 Å². The molecule has 0 radical (unpaired) electrons. The van der Waals surface area contributed by atoms with Crippen LogP contribution in [0.1, 0.15) is 11.4 Å². The van der Waals surface area contributed by atoms with E-state index in [2.05, 4.69) is 5.10 Å². The van der Waals surface area contributed by atoms with Gasteiger partial charge in [-0.15, -0.1) is 0 Å². The fourth-order valence-corrected chi connectivity index (χ4v) is 3.43. The molecule has 1 saturated heterocycles. The zero-order valence-corrected chi connectivity index (χ0v) is 12.0. The van der Waals surface area contributed by atoms with E-state index in [1.54, 1.807) is 16.4 Å². The summed E-state index contributed by atoms with van der Waals surface area (Å²) in [4.78, 5) is 13.2. The third kappa shape index (κ3) is 2.65. The van der Waals surface area contributed by atoms with E-state index in [-0.39, 0.29) is 0 Å².